The molecule has 1 aliphatic heterocycles. The quantitative estimate of drug-likeness (QED) is 0.867. The van der Waals surface area contributed by atoms with Crippen LogP contribution >= 0.6 is 11.3 Å². The lowest BCUT2D eigenvalue weighted by atomic mass is 10.1. The molecule has 0 radical (unpaired) electrons. The van der Waals surface area contributed by atoms with Crippen molar-refractivity contribution in [3.05, 3.63) is 35.0 Å². The van der Waals surface area contributed by atoms with Crippen LogP contribution in [0.3, 0.4) is 0 Å². The van der Waals surface area contributed by atoms with Crippen molar-refractivity contribution >= 4 is 23.3 Å². The Morgan fingerprint density at radius 1 is 1.50 bits per heavy atom. The number of nitrogens with zero attached hydrogens (tertiary/aromatic N) is 1. The van der Waals surface area contributed by atoms with E-state index < -0.39 is 0 Å². The van der Waals surface area contributed by atoms with E-state index in [2.05, 4.69) is 11.9 Å². The fourth-order valence-corrected chi connectivity index (χ4v) is 2.72. The van der Waals surface area contributed by atoms with Crippen LogP contribution in [-0.2, 0) is 4.74 Å². The minimum Gasteiger partial charge on any atom is -0.445 e. The summed E-state index contributed by atoms with van der Waals surface area (Å²) in [4.78, 5) is 25.9. The van der Waals surface area contributed by atoms with Gasteiger partial charge in [0.05, 0.1) is 4.88 Å². The normalized spacial score (nSPS) is 15.7. The van der Waals surface area contributed by atoms with Gasteiger partial charge in [-0.15, -0.1) is 11.3 Å². The van der Waals surface area contributed by atoms with Gasteiger partial charge in [-0.05, 0) is 24.3 Å². The zero-order valence-electron chi connectivity index (χ0n) is 11.2. The smallest absolute Gasteiger partial charge is 0.410 e. The molecule has 5 nitrogen and oxygen atoms in total. The second kappa shape index (κ2) is 7.09. The molecule has 0 atom stereocenters. The van der Waals surface area contributed by atoms with Gasteiger partial charge >= 0.3 is 6.09 Å². The van der Waals surface area contributed by atoms with E-state index in [1.54, 1.807) is 11.0 Å². The molecule has 1 fully saturated rings. The standard InChI is InChI=1S/C14H18N2O3S/c1-2-9-19-14(18)16-7-5-11(6-8-16)15-13(17)12-4-3-10-20-12/h2-4,10-11H,1,5-9H2,(H,15,17). The Morgan fingerprint density at radius 3 is 2.85 bits per heavy atom. The fraction of sp³-hybridized carbons (Fsp3) is 0.429. The van der Waals surface area contributed by atoms with Crippen LogP contribution in [0.5, 0.6) is 0 Å². The number of hydrogen-bond donors (Lipinski definition) is 1. The number of amides is 2. The van der Waals surface area contributed by atoms with Crippen LogP contribution in [0.1, 0.15) is 22.5 Å². The highest BCUT2D eigenvalue weighted by atomic mass is 32.1. The summed E-state index contributed by atoms with van der Waals surface area (Å²) in [5.74, 6) is -0.0346. The van der Waals surface area contributed by atoms with E-state index in [4.69, 9.17) is 4.74 Å². The molecular weight excluding hydrogens is 276 g/mol. The number of thiophene rings is 1. The molecule has 0 spiro atoms. The first-order chi connectivity index (χ1) is 9.70. The summed E-state index contributed by atoms with van der Waals surface area (Å²) in [6.45, 7) is 4.94. The Bertz CT molecular complexity index is 465. The Balaban J connectivity index is 1.75. The van der Waals surface area contributed by atoms with Crippen molar-refractivity contribution in [3.8, 4) is 0 Å². The highest BCUT2D eigenvalue weighted by molar-refractivity contribution is 7.12. The van der Waals surface area contributed by atoms with Gasteiger partial charge in [-0.3, -0.25) is 4.79 Å². The van der Waals surface area contributed by atoms with Gasteiger partial charge in [0.2, 0.25) is 0 Å². The zero-order chi connectivity index (χ0) is 14.4. The fourth-order valence-electron chi connectivity index (χ4n) is 2.09. The molecular formula is C14H18N2O3S. The second-order valence-electron chi connectivity index (χ2n) is 4.58. The Kier molecular flexibility index (Phi) is 5.17. The van der Waals surface area contributed by atoms with Crippen molar-refractivity contribution in [1.82, 2.24) is 10.2 Å². The van der Waals surface area contributed by atoms with Crippen LogP contribution in [0.25, 0.3) is 0 Å². The molecule has 20 heavy (non-hydrogen) atoms. The summed E-state index contributed by atoms with van der Waals surface area (Å²) < 4.78 is 4.99. The lowest BCUT2D eigenvalue weighted by Crippen LogP contribution is -2.46. The predicted molar refractivity (Wildman–Crippen MR) is 77.9 cm³/mol. The van der Waals surface area contributed by atoms with E-state index in [9.17, 15) is 9.59 Å². The van der Waals surface area contributed by atoms with Crippen molar-refractivity contribution in [3.63, 3.8) is 0 Å². The first-order valence-corrected chi connectivity index (χ1v) is 7.45. The third-order valence-electron chi connectivity index (χ3n) is 3.16. The maximum Gasteiger partial charge on any atom is 0.410 e. The molecule has 1 aliphatic rings. The average Bonchev–Trinajstić information content (AvgIpc) is 3.00. The summed E-state index contributed by atoms with van der Waals surface area (Å²) in [7, 11) is 0. The van der Waals surface area contributed by atoms with E-state index in [1.807, 2.05) is 17.5 Å². The van der Waals surface area contributed by atoms with E-state index >= 15 is 0 Å². The van der Waals surface area contributed by atoms with Crippen molar-refractivity contribution in [2.24, 2.45) is 0 Å². The monoisotopic (exact) mass is 294 g/mol. The van der Waals surface area contributed by atoms with Crippen LogP contribution in [0.2, 0.25) is 0 Å². The van der Waals surface area contributed by atoms with Gasteiger partial charge in [0.1, 0.15) is 6.61 Å². The Hall–Kier alpha value is -1.82. The maximum atomic E-state index is 11.9. The number of rotatable bonds is 4. The molecule has 6 heteroatoms. The lowest BCUT2D eigenvalue weighted by Gasteiger charge is -2.31. The largest absolute Gasteiger partial charge is 0.445 e. The third-order valence-corrected chi connectivity index (χ3v) is 4.03. The molecule has 0 unspecified atom stereocenters. The molecule has 0 saturated carbocycles. The molecule has 2 rings (SSSR count). The van der Waals surface area contributed by atoms with E-state index in [0.717, 1.165) is 17.7 Å². The number of hydrogen-bond acceptors (Lipinski definition) is 4. The van der Waals surface area contributed by atoms with Crippen LogP contribution in [0.15, 0.2) is 30.2 Å². The van der Waals surface area contributed by atoms with Crippen LogP contribution < -0.4 is 5.32 Å². The first kappa shape index (κ1) is 14.6. The molecule has 1 N–H and O–H groups in total. The summed E-state index contributed by atoms with van der Waals surface area (Å²) in [5, 5.41) is 4.88. The molecule has 2 amide bonds. The second-order valence-corrected chi connectivity index (χ2v) is 5.53. The Morgan fingerprint density at radius 2 is 2.25 bits per heavy atom. The summed E-state index contributed by atoms with van der Waals surface area (Å²) >= 11 is 1.43. The van der Waals surface area contributed by atoms with Gasteiger partial charge in [0.15, 0.2) is 0 Å². The third kappa shape index (κ3) is 3.84. The van der Waals surface area contributed by atoms with Crippen molar-refractivity contribution in [2.75, 3.05) is 19.7 Å². The van der Waals surface area contributed by atoms with Crippen molar-refractivity contribution in [1.29, 1.82) is 0 Å². The summed E-state index contributed by atoms with van der Waals surface area (Å²) in [5.41, 5.74) is 0. The van der Waals surface area contributed by atoms with E-state index in [0.29, 0.717) is 13.1 Å². The summed E-state index contributed by atoms with van der Waals surface area (Å²) in [6.07, 6.45) is 2.74. The topological polar surface area (TPSA) is 58.6 Å². The minimum atomic E-state index is -0.312. The van der Waals surface area contributed by atoms with Crippen LogP contribution in [-0.4, -0.2) is 42.6 Å². The molecule has 108 valence electrons. The van der Waals surface area contributed by atoms with Crippen molar-refractivity contribution < 1.29 is 14.3 Å². The van der Waals surface area contributed by atoms with Gasteiger partial charge in [-0.25, -0.2) is 4.79 Å². The van der Waals surface area contributed by atoms with Gasteiger partial charge < -0.3 is 15.0 Å². The highest BCUT2D eigenvalue weighted by Crippen LogP contribution is 2.14. The van der Waals surface area contributed by atoms with Gasteiger partial charge in [-0.1, -0.05) is 18.7 Å². The number of likely N-dealkylation sites (tertiary alicyclic amines) is 1. The molecule has 1 saturated heterocycles. The SMILES string of the molecule is C=CCOC(=O)N1CCC(NC(=O)c2cccs2)CC1. The van der Waals surface area contributed by atoms with E-state index in [1.165, 1.54) is 11.3 Å². The van der Waals surface area contributed by atoms with Gasteiger partial charge in [0, 0.05) is 19.1 Å². The summed E-state index contributed by atoms with van der Waals surface area (Å²) in [6, 6.07) is 3.78. The van der Waals surface area contributed by atoms with E-state index in [-0.39, 0.29) is 24.6 Å². The molecule has 1 aromatic rings. The zero-order valence-corrected chi connectivity index (χ0v) is 12.0. The van der Waals surface area contributed by atoms with Crippen LogP contribution in [0.4, 0.5) is 4.79 Å². The molecule has 2 heterocycles. The number of piperidine rings is 1. The highest BCUT2D eigenvalue weighted by Gasteiger charge is 2.24. The molecule has 0 bridgehead atoms. The molecule has 0 aliphatic carbocycles. The number of ether oxygens (including phenoxy) is 1. The van der Waals surface area contributed by atoms with Gasteiger partial charge in [-0.2, -0.15) is 0 Å². The Labute approximate surface area is 122 Å². The molecule has 0 aromatic carbocycles. The first-order valence-electron chi connectivity index (χ1n) is 6.57. The lowest BCUT2D eigenvalue weighted by molar-refractivity contribution is 0.0877. The molecule has 1 aromatic heterocycles. The minimum absolute atomic E-state index is 0.0346. The number of nitrogens with one attached hydrogen (secondary N) is 1. The average molecular weight is 294 g/mol. The van der Waals surface area contributed by atoms with Gasteiger partial charge in [0.25, 0.3) is 5.91 Å². The predicted octanol–water partition coefficient (Wildman–Crippen LogP) is 2.26. The number of carbonyl (C=O) groups excluding carboxylic acids is 2. The van der Waals surface area contributed by atoms with Crippen LogP contribution in [0, 0.1) is 0 Å². The maximum absolute atomic E-state index is 11.9. The van der Waals surface area contributed by atoms with Crippen molar-refractivity contribution in [2.45, 2.75) is 18.9 Å². The number of carbonyl (C=O) groups is 2.